The van der Waals surface area contributed by atoms with E-state index < -0.39 is 0 Å². The van der Waals surface area contributed by atoms with Crippen LogP contribution in [-0.4, -0.2) is 10.2 Å². The first-order chi connectivity index (χ1) is 9.90. The molecule has 0 aliphatic rings. The molecule has 2 aromatic carbocycles. The van der Waals surface area contributed by atoms with Gasteiger partial charge in [0.05, 0.1) is 11.4 Å². The fraction of sp³-hybridized carbons (Fsp3) is 0.167. The molecule has 2 nitrogen and oxygen atoms in total. The second-order valence-electron chi connectivity index (χ2n) is 4.91. The summed E-state index contributed by atoms with van der Waals surface area (Å²) in [6, 6.07) is 20.8. The summed E-state index contributed by atoms with van der Waals surface area (Å²) in [6.07, 6.45) is 2.14. The third-order valence-electron chi connectivity index (χ3n) is 3.48. The largest absolute Gasteiger partial charge is 0.277 e. The van der Waals surface area contributed by atoms with E-state index in [1.54, 1.807) is 0 Å². The quantitative estimate of drug-likeness (QED) is 0.725. The first-order valence-electron chi connectivity index (χ1n) is 7.08. The molecule has 0 aliphatic heterocycles. The highest BCUT2D eigenvalue weighted by Crippen LogP contribution is 2.30. The lowest BCUT2D eigenvalue weighted by atomic mass is 9.99. The minimum atomic E-state index is 1.03. The topological polar surface area (TPSA) is 28.7 Å². The third kappa shape index (κ3) is 2.37. The van der Waals surface area contributed by atoms with E-state index >= 15 is 0 Å². The molecule has 0 amide bonds. The standard InChI is InChI=1S/C18H18N2/c1-2-9-16-17(14-10-5-3-6-11-14)19-20-18(16)15-12-7-4-8-13-15/h3-8,10-13H,2,9H2,1H3,(H,19,20). The maximum atomic E-state index is 4.56. The molecule has 1 aromatic heterocycles. The van der Waals surface area contributed by atoms with E-state index in [1.807, 2.05) is 12.1 Å². The minimum Gasteiger partial charge on any atom is -0.277 e. The maximum Gasteiger partial charge on any atom is 0.0959 e. The normalized spacial score (nSPS) is 10.7. The predicted octanol–water partition coefficient (Wildman–Crippen LogP) is 4.70. The second kappa shape index (κ2) is 5.74. The van der Waals surface area contributed by atoms with Crippen LogP contribution in [-0.2, 0) is 6.42 Å². The van der Waals surface area contributed by atoms with Gasteiger partial charge in [-0.2, -0.15) is 5.10 Å². The molecule has 2 heteroatoms. The molecule has 0 atom stereocenters. The third-order valence-corrected chi connectivity index (χ3v) is 3.48. The number of aromatic nitrogens is 2. The number of nitrogens with zero attached hydrogens (tertiary/aromatic N) is 1. The lowest BCUT2D eigenvalue weighted by Gasteiger charge is -2.05. The highest BCUT2D eigenvalue weighted by molar-refractivity contribution is 5.73. The molecular formula is C18H18N2. The van der Waals surface area contributed by atoms with Gasteiger partial charge in [0.25, 0.3) is 0 Å². The summed E-state index contributed by atoms with van der Waals surface area (Å²) in [5.74, 6) is 0. The molecule has 0 spiro atoms. The number of hydrogen-bond donors (Lipinski definition) is 1. The van der Waals surface area contributed by atoms with Crippen molar-refractivity contribution in [1.82, 2.24) is 10.2 Å². The van der Waals surface area contributed by atoms with Crippen molar-refractivity contribution in [2.45, 2.75) is 19.8 Å². The van der Waals surface area contributed by atoms with Gasteiger partial charge in [0.2, 0.25) is 0 Å². The molecule has 1 heterocycles. The Bertz CT molecular complexity index is 612. The van der Waals surface area contributed by atoms with Crippen molar-refractivity contribution >= 4 is 0 Å². The van der Waals surface area contributed by atoms with Gasteiger partial charge < -0.3 is 0 Å². The zero-order chi connectivity index (χ0) is 13.8. The molecular weight excluding hydrogens is 244 g/mol. The molecule has 1 N–H and O–H groups in total. The van der Waals surface area contributed by atoms with Gasteiger partial charge in [-0.15, -0.1) is 0 Å². The lowest BCUT2D eigenvalue weighted by molar-refractivity contribution is 0.926. The number of hydrogen-bond acceptors (Lipinski definition) is 1. The average molecular weight is 262 g/mol. The Kier molecular flexibility index (Phi) is 3.64. The summed E-state index contributed by atoms with van der Waals surface area (Å²) in [5, 5.41) is 7.78. The summed E-state index contributed by atoms with van der Waals surface area (Å²) >= 11 is 0. The van der Waals surface area contributed by atoms with Gasteiger partial charge in [0.15, 0.2) is 0 Å². The Morgan fingerprint density at radius 2 is 1.45 bits per heavy atom. The van der Waals surface area contributed by atoms with Crippen LogP contribution in [0.2, 0.25) is 0 Å². The molecule has 0 radical (unpaired) electrons. The highest BCUT2D eigenvalue weighted by atomic mass is 15.1. The number of H-pyrrole nitrogens is 1. The molecule has 0 fully saturated rings. The van der Waals surface area contributed by atoms with Crippen molar-refractivity contribution in [3.63, 3.8) is 0 Å². The average Bonchev–Trinajstić information content (AvgIpc) is 2.93. The van der Waals surface area contributed by atoms with Crippen LogP contribution in [0.5, 0.6) is 0 Å². The zero-order valence-corrected chi connectivity index (χ0v) is 11.6. The van der Waals surface area contributed by atoms with Crippen molar-refractivity contribution in [3.05, 3.63) is 66.2 Å². The second-order valence-corrected chi connectivity index (χ2v) is 4.91. The molecule has 0 unspecified atom stereocenters. The first-order valence-corrected chi connectivity index (χ1v) is 7.08. The molecule has 0 saturated carbocycles. The summed E-state index contributed by atoms with van der Waals surface area (Å²) < 4.78 is 0. The van der Waals surface area contributed by atoms with Crippen LogP contribution in [0.3, 0.4) is 0 Å². The van der Waals surface area contributed by atoms with Crippen LogP contribution < -0.4 is 0 Å². The fourth-order valence-electron chi connectivity index (χ4n) is 2.54. The molecule has 0 bridgehead atoms. The Hall–Kier alpha value is -2.35. The van der Waals surface area contributed by atoms with Crippen LogP contribution in [0.15, 0.2) is 60.7 Å². The van der Waals surface area contributed by atoms with E-state index in [0.29, 0.717) is 0 Å². The van der Waals surface area contributed by atoms with Crippen molar-refractivity contribution < 1.29 is 0 Å². The van der Waals surface area contributed by atoms with Crippen molar-refractivity contribution in [2.24, 2.45) is 0 Å². The van der Waals surface area contributed by atoms with Crippen molar-refractivity contribution in [1.29, 1.82) is 0 Å². The van der Waals surface area contributed by atoms with Gasteiger partial charge in [-0.1, -0.05) is 74.0 Å². The fourth-order valence-corrected chi connectivity index (χ4v) is 2.54. The van der Waals surface area contributed by atoms with E-state index in [0.717, 1.165) is 24.2 Å². The molecule has 3 aromatic rings. The summed E-state index contributed by atoms with van der Waals surface area (Å²) in [5.41, 5.74) is 5.91. The number of benzene rings is 2. The monoisotopic (exact) mass is 262 g/mol. The van der Waals surface area contributed by atoms with E-state index in [9.17, 15) is 0 Å². The number of rotatable bonds is 4. The first kappa shape index (κ1) is 12.7. The lowest BCUT2D eigenvalue weighted by Crippen LogP contribution is -1.89. The van der Waals surface area contributed by atoms with E-state index in [4.69, 9.17) is 0 Å². The summed E-state index contributed by atoms with van der Waals surface area (Å²) in [7, 11) is 0. The van der Waals surface area contributed by atoms with Crippen LogP contribution in [0.25, 0.3) is 22.5 Å². The number of nitrogens with one attached hydrogen (secondary N) is 1. The zero-order valence-electron chi connectivity index (χ0n) is 11.6. The van der Waals surface area contributed by atoms with E-state index in [2.05, 4.69) is 65.7 Å². The Morgan fingerprint density at radius 3 is 2.05 bits per heavy atom. The summed E-state index contributed by atoms with van der Waals surface area (Å²) in [4.78, 5) is 0. The van der Waals surface area contributed by atoms with Crippen LogP contribution in [0.4, 0.5) is 0 Å². The summed E-state index contributed by atoms with van der Waals surface area (Å²) in [6.45, 7) is 2.20. The number of aromatic amines is 1. The van der Waals surface area contributed by atoms with E-state index in [-0.39, 0.29) is 0 Å². The molecule has 0 saturated heterocycles. The van der Waals surface area contributed by atoms with Crippen molar-refractivity contribution in [2.75, 3.05) is 0 Å². The van der Waals surface area contributed by atoms with Gasteiger partial charge in [-0.3, -0.25) is 5.10 Å². The molecule has 100 valence electrons. The highest BCUT2D eigenvalue weighted by Gasteiger charge is 2.14. The SMILES string of the molecule is CCCc1c(-c2ccccc2)n[nH]c1-c1ccccc1. The van der Waals surface area contributed by atoms with Gasteiger partial charge in [0.1, 0.15) is 0 Å². The van der Waals surface area contributed by atoms with Gasteiger partial charge in [-0.25, -0.2) is 0 Å². The van der Waals surface area contributed by atoms with Crippen LogP contribution in [0.1, 0.15) is 18.9 Å². The van der Waals surface area contributed by atoms with Crippen LogP contribution >= 0.6 is 0 Å². The van der Waals surface area contributed by atoms with E-state index in [1.165, 1.54) is 16.7 Å². The molecule has 0 aliphatic carbocycles. The van der Waals surface area contributed by atoms with Crippen LogP contribution in [0, 0.1) is 0 Å². The van der Waals surface area contributed by atoms with Gasteiger partial charge in [-0.05, 0) is 12.0 Å². The minimum absolute atomic E-state index is 1.03. The van der Waals surface area contributed by atoms with Crippen molar-refractivity contribution in [3.8, 4) is 22.5 Å². The smallest absolute Gasteiger partial charge is 0.0959 e. The Labute approximate surface area is 119 Å². The molecule has 20 heavy (non-hydrogen) atoms. The molecule has 3 rings (SSSR count). The predicted molar refractivity (Wildman–Crippen MR) is 83.5 cm³/mol. The maximum absolute atomic E-state index is 4.56. The Balaban J connectivity index is 2.12. The Morgan fingerprint density at radius 1 is 0.850 bits per heavy atom. The van der Waals surface area contributed by atoms with Gasteiger partial charge in [0, 0.05) is 11.1 Å². The van der Waals surface area contributed by atoms with Gasteiger partial charge >= 0.3 is 0 Å².